The number of carbonyl (C=O) groups is 1. The Labute approximate surface area is 106 Å². The maximum absolute atomic E-state index is 12.1. The number of hydrogen-bond donors (Lipinski definition) is 0. The van der Waals surface area contributed by atoms with Crippen molar-refractivity contribution >= 4 is 38.9 Å². The average molecular weight is 297 g/mol. The minimum Gasteiger partial charge on any atom is -0.309 e. The van der Waals surface area contributed by atoms with Crippen molar-refractivity contribution in [3.05, 3.63) is 45.3 Å². The largest absolute Gasteiger partial charge is 0.309 e. The van der Waals surface area contributed by atoms with Gasteiger partial charge in [0.2, 0.25) is 0 Å². The minimum absolute atomic E-state index is 0.0325. The highest BCUT2D eigenvalue weighted by Crippen LogP contribution is 2.25. The number of thiophene rings is 1. The van der Waals surface area contributed by atoms with Crippen molar-refractivity contribution in [2.45, 2.75) is 0 Å². The molecular formula is C11H9BrN2OS. The first-order valence-corrected chi connectivity index (χ1v) is 6.28. The zero-order valence-electron chi connectivity index (χ0n) is 8.55. The summed E-state index contributed by atoms with van der Waals surface area (Å²) in [6, 6.07) is 5.53. The van der Waals surface area contributed by atoms with Crippen LogP contribution in [0.2, 0.25) is 0 Å². The lowest BCUT2D eigenvalue weighted by molar-refractivity contribution is 0.0996. The van der Waals surface area contributed by atoms with Gasteiger partial charge in [0.05, 0.1) is 11.9 Å². The van der Waals surface area contributed by atoms with E-state index >= 15 is 0 Å². The molecule has 0 atom stereocenters. The average Bonchev–Trinajstić information content (AvgIpc) is 2.75. The van der Waals surface area contributed by atoms with E-state index in [0.717, 1.165) is 10.2 Å². The Morgan fingerprint density at radius 1 is 1.50 bits per heavy atom. The first kappa shape index (κ1) is 11.3. The summed E-state index contributed by atoms with van der Waals surface area (Å²) < 4.78 is 0.832. The van der Waals surface area contributed by atoms with Crippen LogP contribution >= 0.6 is 27.3 Å². The van der Waals surface area contributed by atoms with E-state index in [9.17, 15) is 4.79 Å². The van der Waals surface area contributed by atoms with Gasteiger partial charge >= 0.3 is 0 Å². The van der Waals surface area contributed by atoms with E-state index in [1.807, 2.05) is 23.6 Å². The van der Waals surface area contributed by atoms with E-state index in [4.69, 9.17) is 0 Å². The van der Waals surface area contributed by atoms with E-state index in [2.05, 4.69) is 20.9 Å². The van der Waals surface area contributed by atoms with Crippen molar-refractivity contribution in [2.75, 3.05) is 11.9 Å². The van der Waals surface area contributed by atoms with E-state index in [1.165, 1.54) is 11.3 Å². The third-order valence-electron chi connectivity index (χ3n) is 2.15. The van der Waals surface area contributed by atoms with Crippen LogP contribution in [0.4, 0.5) is 5.69 Å². The van der Waals surface area contributed by atoms with Gasteiger partial charge in [-0.25, -0.2) is 0 Å². The van der Waals surface area contributed by atoms with Crippen LogP contribution in [0.5, 0.6) is 0 Å². The van der Waals surface area contributed by atoms with Gasteiger partial charge in [0.15, 0.2) is 0 Å². The van der Waals surface area contributed by atoms with Gasteiger partial charge < -0.3 is 4.90 Å². The van der Waals surface area contributed by atoms with Crippen LogP contribution in [0, 0.1) is 0 Å². The number of aromatic nitrogens is 1. The lowest BCUT2D eigenvalue weighted by Gasteiger charge is -2.15. The Morgan fingerprint density at radius 3 is 2.88 bits per heavy atom. The zero-order valence-corrected chi connectivity index (χ0v) is 11.0. The van der Waals surface area contributed by atoms with Crippen LogP contribution in [-0.2, 0) is 0 Å². The molecule has 1 amide bonds. The number of rotatable bonds is 2. The number of hydrogen-bond acceptors (Lipinski definition) is 3. The Kier molecular flexibility index (Phi) is 3.36. The number of pyridine rings is 1. The van der Waals surface area contributed by atoms with Crippen molar-refractivity contribution in [1.29, 1.82) is 0 Å². The smallest absolute Gasteiger partial charge is 0.269 e. The number of amides is 1. The highest BCUT2D eigenvalue weighted by Gasteiger charge is 2.17. The summed E-state index contributed by atoms with van der Waals surface area (Å²) in [5, 5.41) is 1.88. The van der Waals surface area contributed by atoms with Crippen molar-refractivity contribution in [3.8, 4) is 0 Å². The molecule has 82 valence electrons. The number of nitrogens with zero attached hydrogens (tertiary/aromatic N) is 2. The second kappa shape index (κ2) is 4.76. The monoisotopic (exact) mass is 296 g/mol. The van der Waals surface area contributed by atoms with Crippen LogP contribution in [0.3, 0.4) is 0 Å². The molecule has 0 aliphatic carbocycles. The van der Waals surface area contributed by atoms with E-state index in [1.54, 1.807) is 24.3 Å². The molecular weight excluding hydrogens is 288 g/mol. The molecule has 0 saturated carbocycles. The summed E-state index contributed by atoms with van der Waals surface area (Å²) in [5.41, 5.74) is 0.785. The van der Waals surface area contributed by atoms with Crippen LogP contribution in [0.15, 0.2) is 40.4 Å². The first-order valence-electron chi connectivity index (χ1n) is 4.61. The maximum Gasteiger partial charge on any atom is 0.269 e. The Morgan fingerprint density at radius 2 is 2.31 bits per heavy atom. The summed E-state index contributed by atoms with van der Waals surface area (Å²) in [6.45, 7) is 0. The molecule has 0 aliphatic rings. The van der Waals surface area contributed by atoms with Gasteiger partial charge in [-0.3, -0.25) is 9.78 Å². The fourth-order valence-corrected chi connectivity index (χ4v) is 2.78. The molecule has 2 aromatic heterocycles. The molecule has 0 saturated heterocycles. The second-order valence-corrected chi connectivity index (χ2v) is 4.94. The topological polar surface area (TPSA) is 33.2 Å². The third-order valence-corrected chi connectivity index (χ3v) is 3.97. The summed E-state index contributed by atoms with van der Waals surface area (Å²) in [4.78, 5) is 18.4. The predicted molar refractivity (Wildman–Crippen MR) is 69.0 cm³/mol. The fraction of sp³-hybridized carbons (Fsp3) is 0.0909. The van der Waals surface area contributed by atoms with Crippen molar-refractivity contribution in [1.82, 2.24) is 4.98 Å². The lowest BCUT2D eigenvalue weighted by Crippen LogP contribution is -2.25. The van der Waals surface area contributed by atoms with Gasteiger partial charge in [-0.15, -0.1) is 11.3 Å². The van der Waals surface area contributed by atoms with Gasteiger partial charge in [-0.2, -0.15) is 0 Å². The molecule has 2 rings (SSSR count). The molecule has 0 radical (unpaired) electrons. The molecule has 0 bridgehead atoms. The molecule has 16 heavy (non-hydrogen) atoms. The summed E-state index contributed by atoms with van der Waals surface area (Å²) in [6.07, 6.45) is 3.35. The predicted octanol–water partition coefficient (Wildman–Crippen LogP) is 3.18. The Balaban J connectivity index is 2.27. The van der Waals surface area contributed by atoms with Crippen molar-refractivity contribution < 1.29 is 4.79 Å². The van der Waals surface area contributed by atoms with Gasteiger partial charge in [0, 0.05) is 17.7 Å². The van der Waals surface area contributed by atoms with Crippen LogP contribution in [-0.4, -0.2) is 17.9 Å². The van der Waals surface area contributed by atoms with Gasteiger partial charge in [0.1, 0.15) is 4.88 Å². The fourth-order valence-electron chi connectivity index (χ4n) is 1.27. The molecule has 2 aromatic rings. The molecule has 0 aliphatic heterocycles. The first-order chi connectivity index (χ1) is 7.70. The highest BCUT2D eigenvalue weighted by atomic mass is 79.9. The highest BCUT2D eigenvalue weighted by molar-refractivity contribution is 9.10. The normalized spacial score (nSPS) is 10.1. The molecule has 0 spiro atoms. The SMILES string of the molecule is CN(C(=O)c1sccc1Br)c1cccnc1. The number of anilines is 1. The molecule has 0 fully saturated rings. The molecule has 0 unspecified atom stereocenters. The summed E-state index contributed by atoms with van der Waals surface area (Å²) >= 11 is 4.78. The molecule has 3 nitrogen and oxygen atoms in total. The quantitative estimate of drug-likeness (QED) is 0.853. The van der Waals surface area contributed by atoms with Gasteiger partial charge in [0.25, 0.3) is 5.91 Å². The third kappa shape index (κ3) is 2.15. The standard InChI is InChI=1S/C11H9BrN2OS/c1-14(8-3-2-5-13-7-8)11(15)10-9(12)4-6-16-10/h2-7H,1H3. The minimum atomic E-state index is -0.0325. The molecule has 2 heterocycles. The van der Waals surface area contributed by atoms with Crippen molar-refractivity contribution in [2.24, 2.45) is 0 Å². The zero-order chi connectivity index (χ0) is 11.5. The van der Waals surface area contributed by atoms with Crippen LogP contribution in [0.25, 0.3) is 0 Å². The van der Waals surface area contributed by atoms with E-state index in [0.29, 0.717) is 4.88 Å². The van der Waals surface area contributed by atoms with E-state index < -0.39 is 0 Å². The summed E-state index contributed by atoms with van der Waals surface area (Å²) in [7, 11) is 1.74. The molecule has 5 heteroatoms. The number of carbonyl (C=O) groups excluding carboxylic acids is 1. The Bertz CT molecular complexity index is 498. The van der Waals surface area contributed by atoms with Crippen LogP contribution < -0.4 is 4.90 Å². The maximum atomic E-state index is 12.1. The van der Waals surface area contributed by atoms with E-state index in [-0.39, 0.29) is 5.91 Å². The van der Waals surface area contributed by atoms with Gasteiger partial charge in [-0.1, -0.05) is 0 Å². The second-order valence-electron chi connectivity index (χ2n) is 3.17. The molecule has 0 N–H and O–H groups in total. The van der Waals surface area contributed by atoms with Gasteiger partial charge in [-0.05, 0) is 39.5 Å². The summed E-state index contributed by atoms with van der Waals surface area (Å²) in [5.74, 6) is -0.0325. The van der Waals surface area contributed by atoms with Crippen LogP contribution in [0.1, 0.15) is 9.67 Å². The lowest BCUT2D eigenvalue weighted by atomic mass is 10.3. The number of halogens is 1. The molecule has 0 aromatic carbocycles. The van der Waals surface area contributed by atoms with Crippen molar-refractivity contribution in [3.63, 3.8) is 0 Å². The Hall–Kier alpha value is -1.20.